The number of anilines is 1. The lowest BCUT2D eigenvalue weighted by Gasteiger charge is -2.00. The van der Waals surface area contributed by atoms with Gasteiger partial charge in [0.05, 0.1) is 12.1 Å². The highest BCUT2D eigenvalue weighted by Crippen LogP contribution is 2.19. The van der Waals surface area contributed by atoms with E-state index in [-0.39, 0.29) is 5.91 Å². The lowest BCUT2D eigenvalue weighted by Crippen LogP contribution is -2.13. The number of nitrogens with two attached hydrogens (primary N) is 1. The Morgan fingerprint density at radius 1 is 1.33 bits per heavy atom. The lowest BCUT2D eigenvalue weighted by atomic mass is 10.1. The maximum atomic E-state index is 11.7. The molecule has 1 heterocycles. The Morgan fingerprint density at radius 3 is 2.81 bits per heavy atom. The second kappa shape index (κ2) is 7.49. The molecule has 0 bridgehead atoms. The van der Waals surface area contributed by atoms with Crippen molar-refractivity contribution < 1.29 is 9.59 Å². The fourth-order valence-corrected chi connectivity index (χ4v) is 2.11. The Morgan fingerprint density at radius 2 is 2.10 bits per heavy atom. The zero-order valence-electron chi connectivity index (χ0n) is 11.2. The third kappa shape index (κ3) is 4.96. The number of H-pyrrole nitrogens is 1. The number of carbonyl (C=O) groups excluding carboxylic acids is 2. The summed E-state index contributed by atoms with van der Waals surface area (Å²) in [5, 5.41) is 9.15. The molecule has 4 N–H and O–H groups in total. The fourth-order valence-electron chi connectivity index (χ4n) is 1.68. The molecule has 21 heavy (non-hydrogen) atoms. The lowest BCUT2D eigenvalue weighted by molar-refractivity contribution is -0.113. The number of amides is 2. The minimum Gasteiger partial charge on any atom is -0.361 e. The van der Waals surface area contributed by atoms with Gasteiger partial charge in [0.1, 0.15) is 5.82 Å². The number of thioether (sulfide) groups is 1. The molecule has 0 aliphatic carbocycles. The van der Waals surface area contributed by atoms with Crippen LogP contribution in [0.4, 0.5) is 10.6 Å². The van der Waals surface area contributed by atoms with Crippen molar-refractivity contribution >= 4 is 28.7 Å². The van der Waals surface area contributed by atoms with Crippen LogP contribution in [0.25, 0.3) is 11.3 Å². The maximum absolute atomic E-state index is 11.7. The molecule has 0 fully saturated rings. The maximum Gasteiger partial charge on any atom is 0.276 e. The molecule has 2 rings (SSSR count). The second-order valence-electron chi connectivity index (χ2n) is 4.18. The van der Waals surface area contributed by atoms with Crippen molar-refractivity contribution in [1.29, 1.82) is 0 Å². The number of rotatable bonds is 6. The average molecular weight is 303 g/mol. The summed E-state index contributed by atoms with van der Waals surface area (Å²) in [6, 6.07) is 11.4. The van der Waals surface area contributed by atoms with Crippen LogP contribution in [0.5, 0.6) is 0 Å². The van der Waals surface area contributed by atoms with E-state index < -0.39 is 5.24 Å². The molecule has 1 radical (unpaired) electrons. The summed E-state index contributed by atoms with van der Waals surface area (Å²) in [5.41, 5.74) is 6.72. The van der Waals surface area contributed by atoms with Gasteiger partial charge >= 0.3 is 0 Å². The van der Waals surface area contributed by atoms with Crippen LogP contribution in [-0.2, 0) is 4.79 Å². The molecule has 1 aromatic heterocycles. The van der Waals surface area contributed by atoms with Crippen LogP contribution in [0.15, 0.2) is 36.4 Å². The van der Waals surface area contributed by atoms with Crippen LogP contribution in [-0.4, -0.2) is 27.1 Å². The summed E-state index contributed by atoms with van der Waals surface area (Å²) in [6.07, 6.45) is 1.94. The Bertz CT molecular complexity index is 612. The summed E-state index contributed by atoms with van der Waals surface area (Å²) >= 11 is 0.988. The Balaban J connectivity index is 1.82. The van der Waals surface area contributed by atoms with Gasteiger partial charge in [-0.2, -0.15) is 5.10 Å². The van der Waals surface area contributed by atoms with Crippen LogP contribution in [0.3, 0.4) is 0 Å². The van der Waals surface area contributed by atoms with Crippen LogP contribution in [0, 0.1) is 6.42 Å². The van der Waals surface area contributed by atoms with Crippen molar-refractivity contribution in [3.8, 4) is 11.3 Å². The molecule has 0 atom stereocenters. The van der Waals surface area contributed by atoms with Crippen molar-refractivity contribution in [1.82, 2.24) is 10.2 Å². The standard InChI is InChI=1S/C14H15N4O2S/c15-14(20)21-8-4-7-13(19)16-12-9-11(17-18-12)10-5-2-1-3-6-10/h1-3,5-7,9H,4,8H2,(H2,15,20)(H2,16,17,18,19). The molecule has 1 aromatic carbocycles. The van der Waals surface area contributed by atoms with E-state index in [1.807, 2.05) is 30.3 Å². The highest BCUT2D eigenvalue weighted by Gasteiger charge is 2.07. The zero-order valence-corrected chi connectivity index (χ0v) is 12.0. The van der Waals surface area contributed by atoms with Crippen molar-refractivity contribution in [3.05, 3.63) is 42.8 Å². The van der Waals surface area contributed by atoms with Gasteiger partial charge in [-0.15, -0.1) is 0 Å². The summed E-state index contributed by atoms with van der Waals surface area (Å²) < 4.78 is 0. The van der Waals surface area contributed by atoms with E-state index in [1.165, 1.54) is 6.42 Å². The van der Waals surface area contributed by atoms with E-state index >= 15 is 0 Å². The molecule has 6 nitrogen and oxygen atoms in total. The SMILES string of the molecule is NC(=O)SCC[CH]C(=O)Nc1cc(-c2ccccc2)n[nH]1. The molecular formula is C14H15N4O2S. The van der Waals surface area contributed by atoms with Crippen LogP contribution < -0.4 is 11.1 Å². The first-order valence-electron chi connectivity index (χ1n) is 6.32. The van der Waals surface area contributed by atoms with Crippen molar-refractivity contribution in [3.63, 3.8) is 0 Å². The summed E-state index contributed by atoms with van der Waals surface area (Å²) in [4.78, 5) is 22.2. The third-order valence-electron chi connectivity index (χ3n) is 2.60. The van der Waals surface area contributed by atoms with E-state index in [4.69, 9.17) is 5.73 Å². The molecule has 2 aromatic rings. The second-order valence-corrected chi connectivity index (χ2v) is 5.28. The predicted octanol–water partition coefficient (Wildman–Crippen LogP) is 2.42. The van der Waals surface area contributed by atoms with Crippen LogP contribution in [0.2, 0.25) is 0 Å². The summed E-state index contributed by atoms with van der Waals surface area (Å²) in [5.74, 6) is 0.766. The number of hydrogen-bond donors (Lipinski definition) is 3. The van der Waals surface area contributed by atoms with Crippen molar-refractivity contribution in [2.45, 2.75) is 6.42 Å². The van der Waals surface area contributed by atoms with E-state index in [9.17, 15) is 9.59 Å². The topological polar surface area (TPSA) is 101 Å². The molecule has 0 unspecified atom stereocenters. The monoisotopic (exact) mass is 303 g/mol. The van der Waals surface area contributed by atoms with Gasteiger partial charge in [-0.05, 0) is 6.42 Å². The number of carbonyl (C=O) groups is 2. The van der Waals surface area contributed by atoms with Gasteiger partial charge in [-0.1, -0.05) is 42.1 Å². The first kappa shape index (κ1) is 15.1. The molecule has 0 spiro atoms. The quantitative estimate of drug-likeness (QED) is 0.713. The van der Waals surface area contributed by atoms with Gasteiger partial charge in [0, 0.05) is 17.4 Å². The number of primary amides is 1. The normalized spacial score (nSPS) is 10.3. The van der Waals surface area contributed by atoms with Crippen LogP contribution >= 0.6 is 11.8 Å². The van der Waals surface area contributed by atoms with Crippen molar-refractivity contribution in [2.75, 3.05) is 11.1 Å². The zero-order chi connectivity index (χ0) is 15.1. The summed E-state index contributed by atoms with van der Waals surface area (Å²) in [6.45, 7) is 0. The number of benzene rings is 1. The van der Waals surface area contributed by atoms with Gasteiger partial charge < -0.3 is 11.1 Å². The predicted molar refractivity (Wildman–Crippen MR) is 83.6 cm³/mol. The smallest absolute Gasteiger partial charge is 0.276 e. The molecular weight excluding hydrogens is 288 g/mol. The molecule has 109 valence electrons. The Hall–Kier alpha value is -2.28. The molecule has 0 saturated carbocycles. The number of hydrogen-bond acceptors (Lipinski definition) is 4. The molecule has 0 saturated heterocycles. The Labute approximate surface area is 126 Å². The van der Waals surface area contributed by atoms with E-state index in [0.29, 0.717) is 18.0 Å². The number of nitrogens with zero attached hydrogens (tertiary/aromatic N) is 1. The summed E-state index contributed by atoms with van der Waals surface area (Å²) in [7, 11) is 0. The first-order chi connectivity index (χ1) is 10.1. The Kier molecular flexibility index (Phi) is 5.39. The van der Waals surface area contributed by atoms with Gasteiger partial charge in [0.15, 0.2) is 0 Å². The number of nitrogens with one attached hydrogen (secondary N) is 2. The molecule has 2 amide bonds. The van der Waals surface area contributed by atoms with E-state index in [2.05, 4.69) is 15.5 Å². The van der Waals surface area contributed by atoms with Gasteiger partial charge in [0.25, 0.3) is 5.24 Å². The van der Waals surface area contributed by atoms with Crippen LogP contribution in [0.1, 0.15) is 6.42 Å². The van der Waals surface area contributed by atoms with E-state index in [0.717, 1.165) is 23.0 Å². The van der Waals surface area contributed by atoms with E-state index in [1.54, 1.807) is 6.07 Å². The number of aromatic nitrogens is 2. The highest BCUT2D eigenvalue weighted by atomic mass is 32.2. The minimum absolute atomic E-state index is 0.247. The van der Waals surface area contributed by atoms with Gasteiger partial charge in [-0.3, -0.25) is 14.7 Å². The van der Waals surface area contributed by atoms with Crippen molar-refractivity contribution in [2.24, 2.45) is 5.73 Å². The molecule has 0 aliphatic heterocycles. The molecule has 7 heteroatoms. The first-order valence-corrected chi connectivity index (χ1v) is 7.31. The minimum atomic E-state index is -0.440. The highest BCUT2D eigenvalue weighted by molar-refractivity contribution is 8.13. The third-order valence-corrected chi connectivity index (χ3v) is 3.32. The fraction of sp³-hybridized carbons (Fsp3) is 0.143. The molecule has 0 aliphatic rings. The number of aromatic amines is 1. The van der Waals surface area contributed by atoms with Gasteiger partial charge in [0.2, 0.25) is 5.91 Å². The largest absolute Gasteiger partial charge is 0.361 e. The van der Waals surface area contributed by atoms with Gasteiger partial charge in [-0.25, -0.2) is 0 Å². The average Bonchev–Trinajstić information content (AvgIpc) is 2.93.